The average Bonchev–Trinajstić information content (AvgIpc) is 2.70. The number of pyridine rings is 1. The Morgan fingerprint density at radius 1 is 1.29 bits per heavy atom. The number of rotatable bonds is 4. The third-order valence-corrected chi connectivity index (χ3v) is 4.40. The van der Waals surface area contributed by atoms with Gasteiger partial charge in [-0.05, 0) is 52.0 Å². The summed E-state index contributed by atoms with van der Waals surface area (Å²) < 4.78 is 0. The second-order valence-electron chi connectivity index (χ2n) is 7.28. The first-order chi connectivity index (χ1) is 9.99. The second-order valence-corrected chi connectivity index (χ2v) is 7.28. The third kappa shape index (κ3) is 4.99. The highest BCUT2D eigenvalue weighted by Gasteiger charge is 2.19. The van der Waals surface area contributed by atoms with Crippen LogP contribution in [0.5, 0.6) is 0 Å². The Kier molecular flexibility index (Phi) is 5.63. The third-order valence-electron chi connectivity index (χ3n) is 4.40. The molecule has 0 radical (unpaired) electrons. The van der Waals surface area contributed by atoms with Crippen LogP contribution >= 0.6 is 0 Å². The lowest BCUT2D eigenvalue weighted by Gasteiger charge is -2.26. The summed E-state index contributed by atoms with van der Waals surface area (Å²) in [6.45, 7) is 12.1. The van der Waals surface area contributed by atoms with Crippen molar-refractivity contribution in [3.63, 3.8) is 0 Å². The largest absolute Gasteiger partial charge is 0.356 e. The van der Waals surface area contributed by atoms with Crippen LogP contribution in [0, 0.1) is 5.92 Å². The van der Waals surface area contributed by atoms with Gasteiger partial charge in [0.2, 0.25) is 0 Å². The molecular formula is C18H31N3. The highest BCUT2D eigenvalue weighted by Crippen LogP contribution is 2.25. The van der Waals surface area contributed by atoms with Gasteiger partial charge < -0.3 is 10.2 Å². The first-order valence-corrected chi connectivity index (χ1v) is 8.43. The SMILES string of the molecule is CCC1CCCN(c2ncccc2CNC(C)(C)C)CC1. The van der Waals surface area contributed by atoms with Gasteiger partial charge in [0, 0.05) is 36.9 Å². The Hall–Kier alpha value is -1.09. The summed E-state index contributed by atoms with van der Waals surface area (Å²) in [7, 11) is 0. The van der Waals surface area contributed by atoms with Crippen LogP contribution in [0.2, 0.25) is 0 Å². The Balaban J connectivity index is 2.08. The quantitative estimate of drug-likeness (QED) is 0.908. The molecule has 2 rings (SSSR count). The van der Waals surface area contributed by atoms with E-state index in [1.165, 1.54) is 37.1 Å². The van der Waals surface area contributed by atoms with Crippen LogP contribution in [-0.4, -0.2) is 23.6 Å². The van der Waals surface area contributed by atoms with E-state index in [2.05, 4.69) is 55.0 Å². The molecule has 2 heterocycles. The van der Waals surface area contributed by atoms with Gasteiger partial charge in [-0.15, -0.1) is 0 Å². The van der Waals surface area contributed by atoms with E-state index >= 15 is 0 Å². The minimum absolute atomic E-state index is 0.138. The molecule has 3 nitrogen and oxygen atoms in total. The first-order valence-electron chi connectivity index (χ1n) is 8.43. The number of anilines is 1. The number of hydrogen-bond acceptors (Lipinski definition) is 3. The fraction of sp³-hybridized carbons (Fsp3) is 0.722. The Bertz CT molecular complexity index is 436. The summed E-state index contributed by atoms with van der Waals surface area (Å²) in [6, 6.07) is 4.26. The van der Waals surface area contributed by atoms with Gasteiger partial charge in [0.25, 0.3) is 0 Å². The number of aromatic nitrogens is 1. The summed E-state index contributed by atoms with van der Waals surface area (Å²) in [5.74, 6) is 2.08. The second kappa shape index (κ2) is 7.26. The monoisotopic (exact) mass is 289 g/mol. The maximum absolute atomic E-state index is 4.68. The summed E-state index contributed by atoms with van der Waals surface area (Å²) in [5, 5.41) is 3.59. The van der Waals surface area contributed by atoms with Crippen molar-refractivity contribution in [3.8, 4) is 0 Å². The molecule has 21 heavy (non-hydrogen) atoms. The highest BCUT2D eigenvalue weighted by molar-refractivity contribution is 5.46. The minimum Gasteiger partial charge on any atom is -0.356 e. The van der Waals surface area contributed by atoms with Gasteiger partial charge in [0.1, 0.15) is 5.82 Å². The molecule has 0 amide bonds. The number of hydrogen-bond donors (Lipinski definition) is 1. The van der Waals surface area contributed by atoms with Gasteiger partial charge in [0.15, 0.2) is 0 Å². The van der Waals surface area contributed by atoms with E-state index < -0.39 is 0 Å². The Labute approximate surface area is 130 Å². The summed E-state index contributed by atoms with van der Waals surface area (Å²) in [4.78, 5) is 7.18. The summed E-state index contributed by atoms with van der Waals surface area (Å²) in [6.07, 6.45) is 7.21. The maximum Gasteiger partial charge on any atom is 0.133 e. The molecule has 0 bridgehead atoms. The van der Waals surface area contributed by atoms with E-state index in [-0.39, 0.29) is 5.54 Å². The molecule has 1 saturated heterocycles. The van der Waals surface area contributed by atoms with Crippen molar-refractivity contribution in [1.82, 2.24) is 10.3 Å². The lowest BCUT2D eigenvalue weighted by Crippen LogP contribution is -2.36. The fourth-order valence-electron chi connectivity index (χ4n) is 3.00. The van der Waals surface area contributed by atoms with Crippen molar-refractivity contribution in [2.45, 2.75) is 65.5 Å². The molecule has 1 atom stereocenters. The van der Waals surface area contributed by atoms with Crippen LogP contribution in [0.15, 0.2) is 18.3 Å². The van der Waals surface area contributed by atoms with Gasteiger partial charge in [-0.1, -0.05) is 19.4 Å². The Morgan fingerprint density at radius 3 is 2.81 bits per heavy atom. The average molecular weight is 289 g/mol. The van der Waals surface area contributed by atoms with Crippen LogP contribution in [-0.2, 0) is 6.54 Å². The topological polar surface area (TPSA) is 28.2 Å². The molecule has 3 heteroatoms. The lowest BCUT2D eigenvalue weighted by molar-refractivity contribution is 0.424. The predicted octanol–water partition coefficient (Wildman–Crippen LogP) is 3.99. The molecule has 0 saturated carbocycles. The Morgan fingerprint density at radius 2 is 2.10 bits per heavy atom. The zero-order chi connectivity index (χ0) is 15.3. The molecule has 1 fully saturated rings. The summed E-state index contributed by atoms with van der Waals surface area (Å²) in [5.41, 5.74) is 1.46. The van der Waals surface area contributed by atoms with Gasteiger partial charge in [-0.25, -0.2) is 4.98 Å². The van der Waals surface area contributed by atoms with E-state index in [4.69, 9.17) is 0 Å². The molecule has 1 aromatic heterocycles. The van der Waals surface area contributed by atoms with Crippen molar-refractivity contribution >= 4 is 5.82 Å². The van der Waals surface area contributed by atoms with Crippen LogP contribution in [0.3, 0.4) is 0 Å². The van der Waals surface area contributed by atoms with Crippen LogP contribution in [0.1, 0.15) is 58.9 Å². The zero-order valence-electron chi connectivity index (χ0n) is 14.2. The number of nitrogens with one attached hydrogen (secondary N) is 1. The van der Waals surface area contributed by atoms with Gasteiger partial charge in [-0.2, -0.15) is 0 Å². The van der Waals surface area contributed by atoms with E-state index in [1.54, 1.807) is 0 Å². The first kappa shape index (κ1) is 16.3. The van der Waals surface area contributed by atoms with E-state index in [1.807, 2.05) is 6.20 Å². The molecule has 0 aliphatic carbocycles. The molecule has 1 unspecified atom stereocenters. The van der Waals surface area contributed by atoms with E-state index in [0.29, 0.717) is 0 Å². The number of nitrogens with zero attached hydrogens (tertiary/aromatic N) is 2. The smallest absolute Gasteiger partial charge is 0.133 e. The molecule has 118 valence electrons. The van der Waals surface area contributed by atoms with Gasteiger partial charge in [-0.3, -0.25) is 0 Å². The van der Waals surface area contributed by atoms with Crippen LogP contribution in [0.25, 0.3) is 0 Å². The maximum atomic E-state index is 4.68. The normalized spacial score (nSPS) is 20.4. The van der Waals surface area contributed by atoms with E-state index in [0.717, 1.165) is 25.6 Å². The lowest BCUT2D eigenvalue weighted by atomic mass is 9.98. The molecule has 0 spiro atoms. The summed E-state index contributed by atoms with van der Waals surface area (Å²) >= 11 is 0. The molecule has 0 aromatic carbocycles. The van der Waals surface area contributed by atoms with Gasteiger partial charge in [0.05, 0.1) is 0 Å². The minimum atomic E-state index is 0.138. The van der Waals surface area contributed by atoms with E-state index in [9.17, 15) is 0 Å². The standard InChI is InChI=1S/C18H31N3/c1-5-15-8-7-12-21(13-10-15)17-16(9-6-11-19-17)14-20-18(2,3)4/h6,9,11,15,20H,5,7-8,10,12-14H2,1-4H3. The molecular weight excluding hydrogens is 258 g/mol. The van der Waals surface area contributed by atoms with Crippen molar-refractivity contribution < 1.29 is 0 Å². The van der Waals surface area contributed by atoms with Crippen molar-refractivity contribution in [1.29, 1.82) is 0 Å². The van der Waals surface area contributed by atoms with Crippen molar-refractivity contribution in [2.24, 2.45) is 5.92 Å². The highest BCUT2D eigenvalue weighted by atomic mass is 15.2. The fourth-order valence-corrected chi connectivity index (χ4v) is 3.00. The van der Waals surface area contributed by atoms with Crippen LogP contribution < -0.4 is 10.2 Å². The molecule has 1 N–H and O–H groups in total. The zero-order valence-corrected chi connectivity index (χ0v) is 14.2. The van der Waals surface area contributed by atoms with Crippen molar-refractivity contribution in [2.75, 3.05) is 18.0 Å². The molecule has 1 aliphatic heterocycles. The molecule has 1 aliphatic rings. The molecule has 1 aromatic rings. The van der Waals surface area contributed by atoms with Crippen LogP contribution in [0.4, 0.5) is 5.82 Å². The predicted molar refractivity (Wildman–Crippen MR) is 90.7 cm³/mol. The van der Waals surface area contributed by atoms with Gasteiger partial charge >= 0.3 is 0 Å². The van der Waals surface area contributed by atoms with Crippen molar-refractivity contribution in [3.05, 3.63) is 23.9 Å².